The lowest BCUT2D eigenvalue weighted by Gasteiger charge is -2.37. The molecular weight excluding hydrogens is 496 g/mol. The number of piperazine rings is 1. The van der Waals surface area contributed by atoms with E-state index < -0.39 is 5.97 Å². The van der Waals surface area contributed by atoms with Crippen LogP contribution in [0.25, 0.3) is 10.9 Å². The highest BCUT2D eigenvalue weighted by atomic mass is 35.5. The second-order valence-corrected chi connectivity index (χ2v) is 8.86. The van der Waals surface area contributed by atoms with Gasteiger partial charge in [0.15, 0.2) is 0 Å². The fraction of sp³-hybridized carbons (Fsp3) is 0.346. The summed E-state index contributed by atoms with van der Waals surface area (Å²) in [6.45, 7) is 2.77. The number of fused-ring (bicyclic) bond motifs is 1. The van der Waals surface area contributed by atoms with Crippen LogP contribution in [0.4, 0.5) is 5.69 Å². The van der Waals surface area contributed by atoms with E-state index in [1.54, 1.807) is 36.2 Å². The molecule has 0 unspecified atom stereocenters. The number of pyridine rings is 1. The first-order valence-corrected chi connectivity index (χ1v) is 12.5. The number of amides is 1. The molecule has 0 atom stereocenters. The van der Waals surface area contributed by atoms with Gasteiger partial charge in [0.2, 0.25) is 5.88 Å². The van der Waals surface area contributed by atoms with Gasteiger partial charge in [-0.15, -0.1) is 0 Å². The lowest BCUT2D eigenvalue weighted by atomic mass is 10.1. The van der Waals surface area contributed by atoms with Crippen LogP contribution in [0.1, 0.15) is 27.1 Å². The van der Waals surface area contributed by atoms with Crippen molar-refractivity contribution in [2.45, 2.75) is 6.42 Å². The van der Waals surface area contributed by atoms with Crippen LogP contribution in [0.2, 0.25) is 5.02 Å². The van der Waals surface area contributed by atoms with Crippen molar-refractivity contribution in [2.75, 3.05) is 58.0 Å². The van der Waals surface area contributed by atoms with Gasteiger partial charge in [-0.05, 0) is 43.8 Å². The zero-order valence-electron chi connectivity index (χ0n) is 20.7. The largest absolute Gasteiger partial charge is 0.477 e. The first kappa shape index (κ1) is 26.6. The van der Waals surface area contributed by atoms with Crippen LogP contribution in [0.3, 0.4) is 0 Å². The smallest absolute Gasteiger partial charge is 0.347 e. The maximum atomic E-state index is 13.1. The van der Waals surface area contributed by atoms with Gasteiger partial charge in [-0.3, -0.25) is 21.4 Å². The average Bonchev–Trinajstić information content (AvgIpc) is 2.92. The highest BCUT2D eigenvalue weighted by molar-refractivity contribution is 6.30. The van der Waals surface area contributed by atoms with Crippen LogP contribution in [0, 0.1) is 0 Å². The van der Waals surface area contributed by atoms with Gasteiger partial charge in [-0.1, -0.05) is 29.8 Å². The lowest BCUT2D eigenvalue weighted by molar-refractivity contribution is 0.0509. The summed E-state index contributed by atoms with van der Waals surface area (Å²) in [6.07, 6.45) is 0.696. The summed E-state index contributed by atoms with van der Waals surface area (Å²) in [6, 6.07) is 14.5. The SMILES string of the molecule is CNNCCCOc1nc2ccccc2c(N2CCN(C(=O)c3ccc(Cl)cc3)CC2)c1C(=O)OCN. The fourth-order valence-electron chi connectivity index (χ4n) is 4.30. The number of hydrogen-bond acceptors (Lipinski definition) is 9. The summed E-state index contributed by atoms with van der Waals surface area (Å²) in [5.41, 5.74) is 13.6. The minimum absolute atomic E-state index is 0.0575. The number of para-hydroxylation sites is 1. The molecule has 11 heteroatoms. The molecule has 37 heavy (non-hydrogen) atoms. The van der Waals surface area contributed by atoms with Crippen molar-refractivity contribution in [3.63, 3.8) is 0 Å². The molecule has 2 heterocycles. The van der Waals surface area contributed by atoms with Gasteiger partial charge in [-0.2, -0.15) is 0 Å². The third-order valence-electron chi connectivity index (χ3n) is 6.09. The summed E-state index contributed by atoms with van der Waals surface area (Å²) in [5, 5.41) is 1.38. The minimum Gasteiger partial charge on any atom is -0.477 e. The van der Waals surface area contributed by atoms with Crippen molar-refractivity contribution in [3.8, 4) is 5.88 Å². The van der Waals surface area contributed by atoms with E-state index in [1.807, 2.05) is 24.3 Å². The predicted octanol–water partition coefficient (Wildman–Crippen LogP) is 2.42. The Labute approximate surface area is 220 Å². The van der Waals surface area contributed by atoms with Crippen molar-refractivity contribution >= 4 is 40.1 Å². The van der Waals surface area contributed by atoms with E-state index in [0.29, 0.717) is 67.5 Å². The summed E-state index contributed by atoms with van der Waals surface area (Å²) in [4.78, 5) is 34.7. The van der Waals surface area contributed by atoms with Gasteiger partial charge in [-0.25, -0.2) is 9.78 Å². The van der Waals surface area contributed by atoms with Crippen LogP contribution in [0.15, 0.2) is 48.5 Å². The predicted molar refractivity (Wildman–Crippen MR) is 143 cm³/mol. The molecule has 2 aromatic carbocycles. The molecule has 3 aromatic rings. The Morgan fingerprint density at radius 3 is 2.51 bits per heavy atom. The normalized spacial score (nSPS) is 13.6. The van der Waals surface area contributed by atoms with E-state index in [4.69, 9.17) is 26.8 Å². The zero-order chi connectivity index (χ0) is 26.2. The number of hydrogen-bond donors (Lipinski definition) is 3. The molecule has 0 spiro atoms. The average molecular weight is 527 g/mol. The highest BCUT2D eigenvalue weighted by Gasteiger charge is 2.30. The van der Waals surface area contributed by atoms with Crippen LogP contribution >= 0.6 is 11.6 Å². The van der Waals surface area contributed by atoms with E-state index in [2.05, 4.69) is 20.7 Å². The molecule has 1 amide bonds. The van der Waals surface area contributed by atoms with E-state index in [9.17, 15) is 9.59 Å². The summed E-state index contributed by atoms with van der Waals surface area (Å²) < 4.78 is 11.2. The van der Waals surface area contributed by atoms with E-state index in [-0.39, 0.29) is 24.1 Å². The second-order valence-electron chi connectivity index (χ2n) is 8.42. The Bertz CT molecular complexity index is 1230. The molecule has 1 aliphatic rings. The Hall–Kier alpha value is -3.44. The number of nitrogens with one attached hydrogen (secondary N) is 2. The van der Waals surface area contributed by atoms with E-state index in [0.717, 1.165) is 5.39 Å². The van der Waals surface area contributed by atoms with Crippen molar-refractivity contribution in [1.29, 1.82) is 0 Å². The molecule has 0 aliphatic carbocycles. The van der Waals surface area contributed by atoms with E-state index >= 15 is 0 Å². The van der Waals surface area contributed by atoms with Gasteiger partial charge < -0.3 is 19.3 Å². The standard InChI is InChI=1S/C26H31ClN6O4/c1-29-30-11-4-16-36-24-22(26(35)37-17-28)23(20-5-2-3-6-21(20)31-24)32-12-14-33(15-13-32)25(34)18-7-9-19(27)10-8-18/h2-3,5-10,29-30H,4,11-17,28H2,1H3. The first-order valence-electron chi connectivity index (χ1n) is 12.2. The van der Waals surface area contributed by atoms with Crippen molar-refractivity contribution in [3.05, 3.63) is 64.7 Å². The van der Waals surface area contributed by atoms with Crippen molar-refractivity contribution in [2.24, 2.45) is 5.73 Å². The van der Waals surface area contributed by atoms with Crippen molar-refractivity contribution in [1.82, 2.24) is 20.7 Å². The number of hydrazine groups is 1. The molecule has 0 saturated carbocycles. The molecule has 0 radical (unpaired) electrons. The molecule has 1 saturated heterocycles. The maximum absolute atomic E-state index is 13.1. The molecule has 10 nitrogen and oxygen atoms in total. The van der Waals surface area contributed by atoms with Gasteiger partial charge in [0.25, 0.3) is 5.91 Å². The van der Waals surface area contributed by atoms with Gasteiger partial charge >= 0.3 is 5.97 Å². The number of aromatic nitrogens is 1. The number of halogens is 1. The number of ether oxygens (including phenoxy) is 2. The van der Waals surface area contributed by atoms with Gasteiger partial charge in [0, 0.05) is 48.7 Å². The van der Waals surface area contributed by atoms with Crippen LogP contribution in [-0.4, -0.2) is 74.9 Å². The Kier molecular flexibility index (Phi) is 9.13. The molecule has 4 rings (SSSR count). The van der Waals surface area contributed by atoms with Crippen LogP contribution < -0.4 is 26.2 Å². The Morgan fingerprint density at radius 2 is 1.81 bits per heavy atom. The number of nitrogens with zero attached hydrogens (tertiary/aromatic N) is 3. The minimum atomic E-state index is -0.598. The molecule has 196 valence electrons. The number of rotatable bonds is 10. The first-order chi connectivity index (χ1) is 18.0. The summed E-state index contributed by atoms with van der Waals surface area (Å²) in [7, 11) is 1.79. The van der Waals surface area contributed by atoms with Gasteiger partial charge in [0.05, 0.1) is 17.8 Å². The molecule has 4 N–H and O–H groups in total. The zero-order valence-corrected chi connectivity index (χ0v) is 21.5. The van der Waals surface area contributed by atoms with Crippen LogP contribution in [0.5, 0.6) is 5.88 Å². The summed E-state index contributed by atoms with van der Waals surface area (Å²) in [5.74, 6) is -0.451. The number of nitrogens with two attached hydrogens (primary N) is 1. The lowest BCUT2D eigenvalue weighted by Crippen LogP contribution is -2.49. The number of carbonyl (C=O) groups is 2. The monoisotopic (exact) mass is 526 g/mol. The Balaban J connectivity index is 1.63. The van der Waals surface area contributed by atoms with E-state index in [1.165, 1.54) is 0 Å². The van der Waals surface area contributed by atoms with Gasteiger partial charge in [0.1, 0.15) is 12.3 Å². The molecular formula is C26H31ClN6O4. The fourth-order valence-corrected chi connectivity index (χ4v) is 4.43. The molecule has 1 fully saturated rings. The van der Waals surface area contributed by atoms with Crippen molar-refractivity contribution < 1.29 is 19.1 Å². The Morgan fingerprint density at radius 1 is 1.08 bits per heavy atom. The third-order valence-corrected chi connectivity index (χ3v) is 6.34. The van der Waals surface area contributed by atoms with Crippen LogP contribution in [-0.2, 0) is 4.74 Å². The molecule has 0 bridgehead atoms. The molecule has 1 aromatic heterocycles. The summed E-state index contributed by atoms with van der Waals surface area (Å²) >= 11 is 5.97. The topological polar surface area (TPSA) is 122 Å². The number of benzene rings is 2. The number of anilines is 1. The second kappa shape index (κ2) is 12.7. The quantitative estimate of drug-likeness (QED) is 0.158. The third kappa shape index (κ3) is 6.28. The number of esters is 1. The maximum Gasteiger partial charge on any atom is 0.347 e. The highest BCUT2D eigenvalue weighted by Crippen LogP contribution is 2.37. The molecule has 1 aliphatic heterocycles. The number of carbonyl (C=O) groups excluding carboxylic acids is 2.